The van der Waals surface area contributed by atoms with Gasteiger partial charge in [0.15, 0.2) is 11.6 Å². The molecule has 0 aromatic carbocycles. The number of hydrogen-bond acceptors (Lipinski definition) is 3. The molecule has 0 bridgehead atoms. The van der Waals surface area contributed by atoms with Crippen molar-refractivity contribution in [3.05, 3.63) is 15.8 Å². The van der Waals surface area contributed by atoms with Crippen LogP contribution >= 0.6 is 22.6 Å². The average Bonchev–Trinajstić information content (AvgIpc) is 2.16. The Hall–Kier alpha value is -0.520. The van der Waals surface area contributed by atoms with Crippen molar-refractivity contribution in [2.45, 2.75) is 6.92 Å². The van der Waals surface area contributed by atoms with Crippen LogP contribution in [0.15, 0.2) is 12.3 Å². The number of pyridine rings is 1. The highest BCUT2D eigenvalue weighted by Crippen LogP contribution is 2.29. The van der Waals surface area contributed by atoms with E-state index in [1.165, 1.54) is 0 Å². The summed E-state index contributed by atoms with van der Waals surface area (Å²) in [5, 5.41) is 0. The number of methoxy groups -OCH3 is 1. The van der Waals surface area contributed by atoms with Crippen molar-refractivity contribution in [1.29, 1.82) is 0 Å². The van der Waals surface area contributed by atoms with E-state index in [1.54, 1.807) is 13.3 Å². The molecule has 0 spiro atoms. The van der Waals surface area contributed by atoms with E-state index in [9.17, 15) is 0 Å². The zero-order valence-electron chi connectivity index (χ0n) is 8.04. The van der Waals surface area contributed by atoms with Gasteiger partial charge in [0.25, 0.3) is 0 Å². The minimum Gasteiger partial charge on any atom is -0.492 e. The summed E-state index contributed by atoms with van der Waals surface area (Å²) >= 11 is 2.24. The lowest BCUT2D eigenvalue weighted by Crippen LogP contribution is -2.18. The van der Waals surface area contributed by atoms with Crippen molar-refractivity contribution in [1.82, 2.24) is 4.98 Å². The fourth-order valence-corrected chi connectivity index (χ4v) is 1.65. The maximum absolute atomic E-state index is 5.29. The van der Waals surface area contributed by atoms with Crippen LogP contribution in [0.2, 0.25) is 0 Å². The molecule has 0 aliphatic carbocycles. The van der Waals surface area contributed by atoms with Crippen LogP contribution in [-0.2, 0) is 0 Å². The third kappa shape index (κ3) is 2.24. The Morgan fingerprint density at radius 1 is 1.62 bits per heavy atom. The van der Waals surface area contributed by atoms with Crippen LogP contribution < -0.4 is 9.64 Å². The van der Waals surface area contributed by atoms with Crippen LogP contribution in [0.5, 0.6) is 5.75 Å². The standard InChI is InChI=1S/C9H13IN2O/c1-4-12(2)9-8(13-3)7(10)5-6-11-9/h5-6H,4H2,1-3H3. The zero-order valence-corrected chi connectivity index (χ0v) is 10.2. The average molecular weight is 292 g/mol. The summed E-state index contributed by atoms with van der Waals surface area (Å²) in [6.45, 7) is 3.00. The molecule has 1 aromatic rings. The number of ether oxygens (including phenoxy) is 1. The molecule has 4 heteroatoms. The number of hydrogen-bond donors (Lipinski definition) is 0. The Balaban J connectivity index is 3.12. The largest absolute Gasteiger partial charge is 0.492 e. The molecule has 0 unspecified atom stereocenters. The van der Waals surface area contributed by atoms with E-state index >= 15 is 0 Å². The lowest BCUT2D eigenvalue weighted by molar-refractivity contribution is 0.410. The second-order valence-corrected chi connectivity index (χ2v) is 3.83. The van der Waals surface area contributed by atoms with E-state index < -0.39 is 0 Å². The van der Waals surface area contributed by atoms with Crippen LogP contribution in [0.1, 0.15) is 6.92 Å². The first-order chi connectivity index (χ1) is 6.20. The molecule has 0 fully saturated rings. The summed E-state index contributed by atoms with van der Waals surface area (Å²) in [5.74, 6) is 1.75. The Bertz CT molecular complexity index is 291. The Kier molecular flexibility index (Phi) is 3.77. The van der Waals surface area contributed by atoms with Gasteiger partial charge in [0.1, 0.15) is 0 Å². The summed E-state index contributed by atoms with van der Waals surface area (Å²) in [5.41, 5.74) is 0. The molecule has 1 heterocycles. The minimum absolute atomic E-state index is 0.854. The van der Waals surface area contributed by atoms with Crippen molar-refractivity contribution >= 4 is 28.4 Å². The van der Waals surface area contributed by atoms with Gasteiger partial charge in [-0.1, -0.05) is 0 Å². The fourth-order valence-electron chi connectivity index (χ4n) is 1.02. The zero-order chi connectivity index (χ0) is 9.84. The number of rotatable bonds is 3. The number of halogens is 1. The van der Waals surface area contributed by atoms with E-state index in [0.29, 0.717) is 0 Å². The summed E-state index contributed by atoms with van der Waals surface area (Å²) in [4.78, 5) is 6.33. The van der Waals surface area contributed by atoms with Gasteiger partial charge in [-0.25, -0.2) is 4.98 Å². The summed E-state index contributed by atoms with van der Waals surface area (Å²) in [6, 6.07) is 1.94. The number of nitrogens with zero attached hydrogens (tertiary/aromatic N) is 2. The molecule has 0 radical (unpaired) electrons. The highest BCUT2D eigenvalue weighted by atomic mass is 127. The van der Waals surface area contributed by atoms with Crippen LogP contribution in [0.3, 0.4) is 0 Å². The highest BCUT2D eigenvalue weighted by molar-refractivity contribution is 14.1. The molecule has 72 valence electrons. The molecule has 1 rings (SSSR count). The monoisotopic (exact) mass is 292 g/mol. The Morgan fingerprint density at radius 2 is 2.31 bits per heavy atom. The quantitative estimate of drug-likeness (QED) is 0.798. The predicted molar refractivity (Wildman–Crippen MR) is 62.5 cm³/mol. The molecule has 3 nitrogen and oxygen atoms in total. The molecule has 0 saturated carbocycles. The van der Waals surface area contributed by atoms with Gasteiger partial charge in [0.2, 0.25) is 0 Å². The second-order valence-electron chi connectivity index (χ2n) is 2.66. The first-order valence-electron chi connectivity index (χ1n) is 4.10. The van der Waals surface area contributed by atoms with Crippen LogP contribution in [0.25, 0.3) is 0 Å². The van der Waals surface area contributed by atoms with E-state index in [4.69, 9.17) is 4.74 Å². The SMILES string of the molecule is CCN(C)c1nccc(I)c1OC. The third-order valence-corrected chi connectivity index (χ3v) is 2.73. The van der Waals surface area contributed by atoms with Gasteiger partial charge in [0, 0.05) is 19.8 Å². The molecule has 0 atom stereocenters. The molecule has 0 amide bonds. The predicted octanol–water partition coefficient (Wildman–Crippen LogP) is 2.15. The van der Waals surface area contributed by atoms with E-state index in [2.05, 4.69) is 39.4 Å². The smallest absolute Gasteiger partial charge is 0.174 e. The van der Waals surface area contributed by atoms with E-state index in [1.807, 2.05) is 13.1 Å². The molecule has 0 aliphatic heterocycles. The first-order valence-corrected chi connectivity index (χ1v) is 5.18. The summed E-state index contributed by atoms with van der Waals surface area (Å²) < 4.78 is 6.38. The molecular weight excluding hydrogens is 279 g/mol. The maximum atomic E-state index is 5.29. The van der Waals surface area contributed by atoms with Crippen molar-refractivity contribution in [2.24, 2.45) is 0 Å². The summed E-state index contributed by atoms with van der Waals surface area (Å²) in [6.07, 6.45) is 1.80. The van der Waals surface area contributed by atoms with Gasteiger partial charge in [-0.3, -0.25) is 0 Å². The number of anilines is 1. The Labute approximate surface area is 92.2 Å². The molecule has 1 aromatic heterocycles. The maximum Gasteiger partial charge on any atom is 0.174 e. The lowest BCUT2D eigenvalue weighted by atomic mass is 10.4. The van der Waals surface area contributed by atoms with Gasteiger partial charge in [-0.05, 0) is 35.6 Å². The number of aromatic nitrogens is 1. The Morgan fingerprint density at radius 3 is 2.85 bits per heavy atom. The molecule has 0 aliphatic rings. The van der Waals surface area contributed by atoms with Crippen LogP contribution in [0, 0.1) is 3.57 Å². The normalized spacial score (nSPS) is 9.85. The van der Waals surface area contributed by atoms with Gasteiger partial charge in [-0.2, -0.15) is 0 Å². The molecular formula is C9H13IN2O. The van der Waals surface area contributed by atoms with E-state index in [0.717, 1.165) is 21.7 Å². The van der Waals surface area contributed by atoms with Crippen LogP contribution in [-0.4, -0.2) is 25.7 Å². The second kappa shape index (κ2) is 4.64. The van der Waals surface area contributed by atoms with Gasteiger partial charge >= 0.3 is 0 Å². The van der Waals surface area contributed by atoms with Gasteiger partial charge < -0.3 is 9.64 Å². The fraction of sp³-hybridized carbons (Fsp3) is 0.444. The highest BCUT2D eigenvalue weighted by Gasteiger charge is 2.10. The van der Waals surface area contributed by atoms with Crippen molar-refractivity contribution in [3.63, 3.8) is 0 Å². The molecule has 0 saturated heterocycles. The molecule has 0 N–H and O–H groups in total. The topological polar surface area (TPSA) is 25.4 Å². The first kappa shape index (κ1) is 10.6. The summed E-state index contributed by atoms with van der Waals surface area (Å²) in [7, 11) is 3.67. The minimum atomic E-state index is 0.854. The third-order valence-electron chi connectivity index (χ3n) is 1.88. The van der Waals surface area contributed by atoms with Crippen LogP contribution in [0.4, 0.5) is 5.82 Å². The van der Waals surface area contributed by atoms with Crippen molar-refractivity contribution < 1.29 is 4.74 Å². The lowest BCUT2D eigenvalue weighted by Gasteiger charge is -2.18. The van der Waals surface area contributed by atoms with Crippen molar-refractivity contribution in [3.8, 4) is 5.75 Å². The molecule has 13 heavy (non-hydrogen) atoms. The van der Waals surface area contributed by atoms with Gasteiger partial charge in [0.05, 0.1) is 10.7 Å². The van der Waals surface area contributed by atoms with Gasteiger partial charge in [-0.15, -0.1) is 0 Å². The van der Waals surface area contributed by atoms with Crippen molar-refractivity contribution in [2.75, 3.05) is 25.6 Å². The van der Waals surface area contributed by atoms with E-state index in [-0.39, 0.29) is 0 Å².